The van der Waals surface area contributed by atoms with Gasteiger partial charge in [-0.1, -0.05) is 6.07 Å². The lowest BCUT2D eigenvalue weighted by molar-refractivity contribution is -0.862. The van der Waals surface area contributed by atoms with Gasteiger partial charge in [-0.2, -0.15) is 0 Å². The fourth-order valence-corrected chi connectivity index (χ4v) is 1.85. The van der Waals surface area contributed by atoms with Crippen molar-refractivity contribution in [2.75, 3.05) is 46.2 Å². The molecule has 8 nitrogen and oxygen atoms in total. The molecule has 0 saturated carbocycles. The summed E-state index contributed by atoms with van der Waals surface area (Å²) < 4.78 is 5.08. The Hall–Kier alpha value is -2.61. The number of hydrogen-bond donors (Lipinski definition) is 4. The van der Waals surface area contributed by atoms with Gasteiger partial charge in [-0.05, 0) is 12.1 Å². The number of carbonyl (C=O) groups excluding carboxylic acids is 3. The first-order chi connectivity index (χ1) is 10.9. The molecule has 8 heteroatoms. The number of carbonyl (C=O) groups is 3. The van der Waals surface area contributed by atoms with E-state index in [4.69, 9.17) is 4.74 Å². The lowest BCUT2D eigenvalue weighted by Crippen LogP contribution is -3.11. The zero-order chi connectivity index (χ0) is 17.2. The Balaban J connectivity index is 2.38. The van der Waals surface area contributed by atoms with Gasteiger partial charge in [0.05, 0.1) is 20.7 Å². The monoisotopic (exact) mass is 323 g/mol. The van der Waals surface area contributed by atoms with Gasteiger partial charge in [-0.15, -0.1) is 0 Å². The van der Waals surface area contributed by atoms with Crippen molar-refractivity contribution >= 4 is 23.4 Å². The van der Waals surface area contributed by atoms with Crippen LogP contribution in [-0.2, 0) is 14.4 Å². The molecule has 0 fully saturated rings. The van der Waals surface area contributed by atoms with E-state index in [1.165, 1.54) is 7.05 Å². The molecule has 1 rings (SSSR count). The van der Waals surface area contributed by atoms with E-state index in [-0.39, 0.29) is 37.4 Å². The van der Waals surface area contributed by atoms with Crippen molar-refractivity contribution < 1.29 is 24.0 Å². The van der Waals surface area contributed by atoms with Gasteiger partial charge in [0, 0.05) is 18.8 Å². The van der Waals surface area contributed by atoms with Crippen LogP contribution in [0, 0.1) is 0 Å². The van der Waals surface area contributed by atoms with E-state index in [2.05, 4.69) is 16.0 Å². The number of likely N-dealkylation sites (N-methyl/N-ethyl adjacent to an activating group) is 2. The van der Waals surface area contributed by atoms with Crippen molar-refractivity contribution in [1.82, 2.24) is 10.6 Å². The Morgan fingerprint density at radius 1 is 1.13 bits per heavy atom. The van der Waals surface area contributed by atoms with Crippen LogP contribution >= 0.6 is 0 Å². The van der Waals surface area contributed by atoms with Gasteiger partial charge in [-0.3, -0.25) is 14.4 Å². The summed E-state index contributed by atoms with van der Waals surface area (Å²) in [6.45, 7) is 0.158. The molecule has 0 bridgehead atoms. The van der Waals surface area contributed by atoms with E-state index >= 15 is 0 Å². The van der Waals surface area contributed by atoms with Crippen molar-refractivity contribution in [2.24, 2.45) is 0 Å². The number of hydrogen-bond acceptors (Lipinski definition) is 4. The number of methoxy groups -OCH3 is 1. The van der Waals surface area contributed by atoms with Crippen molar-refractivity contribution in [1.29, 1.82) is 0 Å². The standard InChI is InChI=1S/C15H22N4O4/c1-16-13(20)8-17-14(21)9-19(2)10-15(22)18-11-5-4-6-12(7-11)23-3/h4-7H,8-10H2,1-3H3,(H,16,20)(H,17,21)(H,18,22)/p+1. The third kappa shape index (κ3) is 7.28. The molecule has 126 valence electrons. The Bertz CT molecular complexity index is 562. The molecule has 0 aliphatic carbocycles. The number of anilines is 1. The Morgan fingerprint density at radius 2 is 1.83 bits per heavy atom. The van der Waals surface area contributed by atoms with Gasteiger partial charge in [0.2, 0.25) is 5.91 Å². The summed E-state index contributed by atoms with van der Waals surface area (Å²) >= 11 is 0. The van der Waals surface area contributed by atoms with Gasteiger partial charge in [-0.25, -0.2) is 0 Å². The van der Waals surface area contributed by atoms with Crippen LogP contribution in [-0.4, -0.2) is 58.6 Å². The average Bonchev–Trinajstić information content (AvgIpc) is 2.52. The van der Waals surface area contributed by atoms with Crippen molar-refractivity contribution in [3.8, 4) is 5.75 Å². The van der Waals surface area contributed by atoms with Gasteiger partial charge in [0.25, 0.3) is 11.8 Å². The number of amides is 3. The summed E-state index contributed by atoms with van der Waals surface area (Å²) in [6, 6.07) is 7.02. The molecule has 1 atom stereocenters. The molecule has 3 amide bonds. The minimum absolute atomic E-state index is 0.0708. The fourth-order valence-electron chi connectivity index (χ4n) is 1.85. The largest absolute Gasteiger partial charge is 0.497 e. The summed E-state index contributed by atoms with van der Waals surface area (Å²) in [6.07, 6.45) is 0. The molecule has 0 saturated heterocycles. The Morgan fingerprint density at radius 3 is 2.48 bits per heavy atom. The summed E-state index contributed by atoms with van der Waals surface area (Å²) in [5.41, 5.74) is 0.631. The van der Waals surface area contributed by atoms with E-state index in [9.17, 15) is 14.4 Å². The highest BCUT2D eigenvalue weighted by atomic mass is 16.5. The number of benzene rings is 1. The molecule has 1 aromatic carbocycles. The lowest BCUT2D eigenvalue weighted by Gasteiger charge is -2.13. The molecule has 0 heterocycles. The molecule has 1 aromatic rings. The van der Waals surface area contributed by atoms with E-state index in [1.807, 2.05) is 0 Å². The molecular formula is C15H23N4O4+. The highest BCUT2D eigenvalue weighted by Gasteiger charge is 2.14. The quantitative estimate of drug-likeness (QED) is 0.445. The van der Waals surface area contributed by atoms with Crippen molar-refractivity contribution in [3.05, 3.63) is 24.3 Å². The maximum Gasteiger partial charge on any atom is 0.279 e. The summed E-state index contributed by atoms with van der Waals surface area (Å²) in [5.74, 6) is -0.126. The van der Waals surface area contributed by atoms with Crippen LogP contribution in [0.1, 0.15) is 0 Å². The minimum Gasteiger partial charge on any atom is -0.497 e. The van der Waals surface area contributed by atoms with E-state index in [0.717, 1.165) is 0 Å². The SMILES string of the molecule is CNC(=O)CNC(=O)C[NH+](C)CC(=O)Nc1cccc(OC)c1. The van der Waals surface area contributed by atoms with Crippen LogP contribution in [0.3, 0.4) is 0 Å². The second kappa shape index (κ2) is 9.42. The molecule has 0 radical (unpaired) electrons. The summed E-state index contributed by atoms with van der Waals surface area (Å²) in [4.78, 5) is 35.3. The maximum atomic E-state index is 11.9. The second-order valence-corrected chi connectivity index (χ2v) is 5.04. The molecule has 0 spiro atoms. The highest BCUT2D eigenvalue weighted by molar-refractivity contribution is 5.91. The van der Waals surface area contributed by atoms with Crippen LogP contribution in [0.4, 0.5) is 5.69 Å². The van der Waals surface area contributed by atoms with Gasteiger partial charge in [0.15, 0.2) is 13.1 Å². The van der Waals surface area contributed by atoms with Crippen LogP contribution in [0.2, 0.25) is 0 Å². The van der Waals surface area contributed by atoms with Crippen molar-refractivity contribution in [3.63, 3.8) is 0 Å². The molecule has 1 unspecified atom stereocenters. The molecule has 0 aliphatic rings. The number of nitrogens with one attached hydrogen (secondary N) is 4. The summed E-state index contributed by atoms with van der Waals surface area (Å²) in [5, 5.41) is 7.63. The number of ether oxygens (including phenoxy) is 1. The molecule has 0 aliphatic heterocycles. The van der Waals surface area contributed by atoms with Crippen LogP contribution in [0.15, 0.2) is 24.3 Å². The van der Waals surface area contributed by atoms with E-state index in [0.29, 0.717) is 16.3 Å². The highest BCUT2D eigenvalue weighted by Crippen LogP contribution is 2.16. The van der Waals surface area contributed by atoms with Gasteiger partial charge < -0.3 is 25.6 Å². The van der Waals surface area contributed by atoms with Crippen LogP contribution < -0.4 is 25.6 Å². The zero-order valence-corrected chi connectivity index (χ0v) is 13.6. The molecule has 4 N–H and O–H groups in total. The Labute approximate surface area is 135 Å². The molecule has 23 heavy (non-hydrogen) atoms. The number of quaternary nitrogens is 1. The first-order valence-electron chi connectivity index (χ1n) is 7.17. The fraction of sp³-hybridized carbons (Fsp3) is 0.400. The predicted molar refractivity (Wildman–Crippen MR) is 85.3 cm³/mol. The Kier molecular flexibility index (Phi) is 7.55. The molecular weight excluding hydrogens is 300 g/mol. The predicted octanol–water partition coefficient (Wildman–Crippen LogP) is -1.99. The van der Waals surface area contributed by atoms with Crippen LogP contribution in [0.25, 0.3) is 0 Å². The van der Waals surface area contributed by atoms with E-state index < -0.39 is 0 Å². The van der Waals surface area contributed by atoms with Gasteiger partial charge in [0.1, 0.15) is 5.75 Å². The number of rotatable bonds is 8. The first kappa shape index (κ1) is 18.4. The van der Waals surface area contributed by atoms with E-state index in [1.54, 1.807) is 38.4 Å². The third-order valence-electron chi connectivity index (χ3n) is 3.00. The molecule has 0 aromatic heterocycles. The van der Waals surface area contributed by atoms with Crippen molar-refractivity contribution in [2.45, 2.75) is 0 Å². The first-order valence-corrected chi connectivity index (χ1v) is 7.17. The average molecular weight is 323 g/mol. The topological polar surface area (TPSA) is 101 Å². The second-order valence-electron chi connectivity index (χ2n) is 5.04. The van der Waals surface area contributed by atoms with Crippen LogP contribution in [0.5, 0.6) is 5.75 Å². The maximum absolute atomic E-state index is 11.9. The third-order valence-corrected chi connectivity index (χ3v) is 3.00. The zero-order valence-electron chi connectivity index (χ0n) is 13.6. The minimum atomic E-state index is -0.291. The smallest absolute Gasteiger partial charge is 0.279 e. The lowest BCUT2D eigenvalue weighted by atomic mass is 10.3. The summed E-state index contributed by atoms with van der Waals surface area (Å²) in [7, 11) is 4.77. The normalized spacial score (nSPS) is 11.3. The van der Waals surface area contributed by atoms with Gasteiger partial charge >= 0.3 is 0 Å².